The summed E-state index contributed by atoms with van der Waals surface area (Å²) in [4.78, 5) is 30.6. The summed E-state index contributed by atoms with van der Waals surface area (Å²) in [5.41, 5.74) is 2.28. The number of carbonyl (C=O) groups excluding carboxylic acids is 2. The van der Waals surface area contributed by atoms with Gasteiger partial charge in [0.1, 0.15) is 5.75 Å². The minimum absolute atomic E-state index is 0.0693. The van der Waals surface area contributed by atoms with Crippen LogP contribution in [0.3, 0.4) is 0 Å². The molecular weight excluding hydrogens is 469 g/mol. The molecule has 0 atom stereocenters. The van der Waals surface area contributed by atoms with E-state index in [4.69, 9.17) is 9.73 Å². The van der Waals surface area contributed by atoms with Gasteiger partial charge in [0.2, 0.25) is 0 Å². The van der Waals surface area contributed by atoms with Crippen LogP contribution in [0.4, 0.5) is 18.9 Å². The van der Waals surface area contributed by atoms with Crippen molar-refractivity contribution in [1.82, 2.24) is 0 Å². The lowest BCUT2D eigenvalue weighted by Crippen LogP contribution is -2.30. The van der Waals surface area contributed by atoms with Gasteiger partial charge in [0, 0.05) is 22.4 Å². The number of rotatable bonds is 6. The molecule has 8 heteroatoms. The summed E-state index contributed by atoms with van der Waals surface area (Å²) in [6.45, 7) is 4.03. The lowest BCUT2D eigenvalue weighted by atomic mass is 9.85. The van der Waals surface area contributed by atoms with Crippen LogP contribution in [0, 0.1) is 0 Å². The Labute approximate surface area is 207 Å². The van der Waals surface area contributed by atoms with Crippen molar-refractivity contribution in [3.05, 3.63) is 94.5 Å². The van der Waals surface area contributed by atoms with E-state index in [-0.39, 0.29) is 23.3 Å². The molecule has 3 aromatic rings. The Kier molecular flexibility index (Phi) is 6.71. The number of fused-ring (bicyclic) bond motifs is 1. The number of carbonyl (C=O) groups is 2. The largest absolute Gasteiger partial charge is 0.497 e. The van der Waals surface area contributed by atoms with Crippen molar-refractivity contribution in [2.75, 3.05) is 12.4 Å². The molecule has 5 nitrogen and oxygen atoms in total. The van der Waals surface area contributed by atoms with Gasteiger partial charge in [-0.25, -0.2) is 0 Å². The van der Waals surface area contributed by atoms with E-state index in [1.807, 2.05) is 32.0 Å². The van der Waals surface area contributed by atoms with E-state index in [2.05, 4.69) is 5.32 Å². The molecule has 0 unspecified atom stereocenters. The highest BCUT2D eigenvalue weighted by molar-refractivity contribution is 6.17. The van der Waals surface area contributed by atoms with Gasteiger partial charge in [-0.1, -0.05) is 18.2 Å². The Morgan fingerprint density at radius 3 is 2.39 bits per heavy atom. The van der Waals surface area contributed by atoms with Crippen LogP contribution in [0.2, 0.25) is 0 Å². The Balaban J connectivity index is 1.52. The first kappa shape index (κ1) is 25.2. The Bertz CT molecular complexity index is 1340. The maximum Gasteiger partial charge on any atom is 0.416 e. The second-order valence-electron chi connectivity index (χ2n) is 9.28. The minimum atomic E-state index is -4.48. The van der Waals surface area contributed by atoms with Crippen molar-refractivity contribution in [3.8, 4) is 5.75 Å². The smallest absolute Gasteiger partial charge is 0.416 e. The number of methoxy groups -OCH3 is 1. The second kappa shape index (κ2) is 9.60. The highest BCUT2D eigenvalue weighted by atomic mass is 19.4. The molecule has 1 amide bonds. The Hall–Kier alpha value is -3.94. The SMILES string of the molecule is COc1ccc2c(c1)C(CC(=O)c1cccc(NC(=O)c3ccc(C(F)(F)F)cc3)c1)=NC(C)(C)C2. The summed E-state index contributed by atoms with van der Waals surface area (Å²) in [6.07, 6.45) is -3.66. The monoisotopic (exact) mass is 494 g/mol. The van der Waals surface area contributed by atoms with Gasteiger partial charge in [0.05, 0.1) is 30.3 Å². The molecule has 0 aromatic heterocycles. The number of hydrogen-bond acceptors (Lipinski definition) is 4. The lowest BCUT2D eigenvalue weighted by Gasteiger charge is -2.29. The molecule has 3 aromatic carbocycles. The molecule has 0 aliphatic carbocycles. The number of nitrogens with zero attached hydrogens (tertiary/aromatic N) is 1. The zero-order valence-corrected chi connectivity index (χ0v) is 20.1. The summed E-state index contributed by atoms with van der Waals surface area (Å²) in [5.74, 6) is -0.0693. The normalized spacial score (nSPS) is 14.4. The van der Waals surface area contributed by atoms with Crippen molar-refractivity contribution in [1.29, 1.82) is 0 Å². The fourth-order valence-corrected chi connectivity index (χ4v) is 4.21. The van der Waals surface area contributed by atoms with Crippen molar-refractivity contribution < 1.29 is 27.5 Å². The quantitative estimate of drug-likeness (QED) is 0.405. The molecule has 0 saturated heterocycles. The van der Waals surface area contributed by atoms with Crippen molar-refractivity contribution in [3.63, 3.8) is 0 Å². The number of alkyl halides is 3. The molecule has 1 heterocycles. The van der Waals surface area contributed by atoms with E-state index in [1.54, 1.807) is 31.4 Å². The lowest BCUT2D eigenvalue weighted by molar-refractivity contribution is -0.137. The van der Waals surface area contributed by atoms with Crippen LogP contribution in [-0.2, 0) is 12.6 Å². The molecule has 1 aliphatic heterocycles. The number of hydrogen-bond donors (Lipinski definition) is 1. The molecule has 36 heavy (non-hydrogen) atoms. The van der Waals surface area contributed by atoms with E-state index >= 15 is 0 Å². The molecule has 0 fully saturated rings. The number of Topliss-reactive ketones (excluding diaryl/α,β-unsaturated/α-hetero) is 1. The van der Waals surface area contributed by atoms with Gasteiger partial charge in [-0.3, -0.25) is 14.6 Å². The molecular formula is C28H25F3N2O3. The molecule has 4 rings (SSSR count). The number of benzene rings is 3. The molecule has 1 N–H and O–H groups in total. The van der Waals surface area contributed by atoms with Crippen LogP contribution in [0.25, 0.3) is 0 Å². The second-order valence-corrected chi connectivity index (χ2v) is 9.28. The van der Waals surface area contributed by atoms with Crippen LogP contribution in [0.1, 0.15) is 57.7 Å². The average molecular weight is 495 g/mol. The van der Waals surface area contributed by atoms with E-state index < -0.39 is 17.6 Å². The molecule has 0 saturated carbocycles. The third-order valence-corrected chi connectivity index (χ3v) is 5.93. The molecule has 1 aliphatic rings. The number of amides is 1. The number of aliphatic imine (C=N–C) groups is 1. The van der Waals surface area contributed by atoms with E-state index in [9.17, 15) is 22.8 Å². The third-order valence-electron chi connectivity index (χ3n) is 5.93. The predicted molar refractivity (Wildman–Crippen MR) is 132 cm³/mol. The number of anilines is 1. The third kappa shape index (κ3) is 5.64. The standard InChI is InChI=1S/C28H25F3N2O3/c1-27(2)16-19-9-12-22(36-3)14-23(19)24(33-27)15-25(34)18-5-4-6-21(13-18)32-26(35)17-7-10-20(11-8-17)28(29,30)31/h4-14H,15-16H2,1-3H3,(H,32,35). The summed E-state index contributed by atoms with van der Waals surface area (Å²) in [6, 6.07) is 16.2. The van der Waals surface area contributed by atoms with Gasteiger partial charge in [-0.05, 0) is 74.4 Å². The number of halogens is 3. The van der Waals surface area contributed by atoms with Crippen LogP contribution >= 0.6 is 0 Å². The summed E-state index contributed by atoms with van der Waals surface area (Å²) < 4.78 is 43.7. The number of ketones is 1. The number of ether oxygens (including phenoxy) is 1. The summed E-state index contributed by atoms with van der Waals surface area (Å²) in [7, 11) is 1.58. The van der Waals surface area contributed by atoms with E-state index in [0.717, 1.165) is 41.8 Å². The zero-order valence-electron chi connectivity index (χ0n) is 20.1. The topological polar surface area (TPSA) is 67.8 Å². The predicted octanol–water partition coefficient (Wildman–Crippen LogP) is 6.36. The van der Waals surface area contributed by atoms with Crippen LogP contribution in [0.5, 0.6) is 5.75 Å². The van der Waals surface area contributed by atoms with Crippen molar-refractivity contribution >= 4 is 23.1 Å². The fraction of sp³-hybridized carbons (Fsp3) is 0.250. The maximum absolute atomic E-state index is 13.2. The highest BCUT2D eigenvalue weighted by Crippen LogP contribution is 2.31. The summed E-state index contributed by atoms with van der Waals surface area (Å²) in [5, 5.41) is 2.64. The first-order valence-electron chi connectivity index (χ1n) is 11.3. The average Bonchev–Trinajstić information content (AvgIpc) is 2.83. The molecule has 0 spiro atoms. The van der Waals surface area contributed by atoms with Gasteiger partial charge in [-0.15, -0.1) is 0 Å². The van der Waals surface area contributed by atoms with Gasteiger partial charge >= 0.3 is 6.18 Å². The Morgan fingerprint density at radius 2 is 1.72 bits per heavy atom. The highest BCUT2D eigenvalue weighted by Gasteiger charge is 2.30. The van der Waals surface area contributed by atoms with Crippen molar-refractivity contribution in [2.24, 2.45) is 4.99 Å². The molecule has 0 radical (unpaired) electrons. The van der Waals surface area contributed by atoms with Gasteiger partial charge < -0.3 is 10.1 Å². The minimum Gasteiger partial charge on any atom is -0.497 e. The van der Waals surface area contributed by atoms with E-state index in [0.29, 0.717) is 22.7 Å². The zero-order chi connectivity index (χ0) is 26.1. The van der Waals surface area contributed by atoms with Crippen LogP contribution in [0.15, 0.2) is 71.7 Å². The first-order valence-corrected chi connectivity index (χ1v) is 11.3. The maximum atomic E-state index is 13.2. The molecule has 186 valence electrons. The Morgan fingerprint density at radius 1 is 1.00 bits per heavy atom. The van der Waals surface area contributed by atoms with Gasteiger partial charge in [-0.2, -0.15) is 13.2 Å². The number of nitrogens with one attached hydrogen (secondary N) is 1. The summed E-state index contributed by atoms with van der Waals surface area (Å²) >= 11 is 0. The van der Waals surface area contributed by atoms with Crippen LogP contribution in [-0.4, -0.2) is 30.1 Å². The van der Waals surface area contributed by atoms with E-state index in [1.165, 1.54) is 0 Å². The molecule has 0 bridgehead atoms. The fourth-order valence-electron chi connectivity index (χ4n) is 4.21. The first-order chi connectivity index (χ1) is 16.9. The van der Waals surface area contributed by atoms with Crippen molar-refractivity contribution in [2.45, 2.75) is 38.4 Å². The van der Waals surface area contributed by atoms with Gasteiger partial charge in [0.15, 0.2) is 5.78 Å². The van der Waals surface area contributed by atoms with Crippen LogP contribution < -0.4 is 10.1 Å². The van der Waals surface area contributed by atoms with Gasteiger partial charge in [0.25, 0.3) is 5.91 Å².